The summed E-state index contributed by atoms with van der Waals surface area (Å²) in [7, 11) is 0. The molecule has 0 unspecified atom stereocenters. The molecule has 0 aliphatic heterocycles. The second kappa shape index (κ2) is 7.34. The predicted molar refractivity (Wildman–Crippen MR) is 88.0 cm³/mol. The lowest BCUT2D eigenvalue weighted by atomic mass is 10.0. The van der Waals surface area contributed by atoms with Gasteiger partial charge in [0.15, 0.2) is 0 Å². The maximum atomic E-state index is 12.3. The van der Waals surface area contributed by atoms with E-state index >= 15 is 0 Å². The molecule has 0 atom stereocenters. The third kappa shape index (κ3) is 4.25. The number of hydrogen-bond donors (Lipinski definition) is 1. The van der Waals surface area contributed by atoms with Crippen LogP contribution in [0.3, 0.4) is 0 Å². The molecule has 0 heterocycles. The number of nitrogens with one attached hydrogen (secondary N) is 1. The first kappa shape index (κ1) is 16.6. The average Bonchev–Trinajstić information content (AvgIpc) is 2.43. The van der Waals surface area contributed by atoms with Gasteiger partial charge in [0.25, 0.3) is 5.91 Å². The Balaban J connectivity index is 2.77. The van der Waals surface area contributed by atoms with E-state index in [-0.39, 0.29) is 10.7 Å². The number of halogens is 1. The molecule has 0 aromatic heterocycles. The highest BCUT2D eigenvalue weighted by Gasteiger charge is 2.25. The number of hydrogen-bond acceptors (Lipinski definition) is 2. The molecule has 1 aromatic carbocycles. The fourth-order valence-corrected chi connectivity index (χ4v) is 3.23. The molecule has 0 aliphatic rings. The van der Waals surface area contributed by atoms with Crippen LogP contribution < -0.4 is 5.32 Å². The first-order valence-corrected chi connectivity index (χ1v) is 8.59. The van der Waals surface area contributed by atoms with Gasteiger partial charge in [-0.2, -0.15) is 11.8 Å². The Morgan fingerprint density at radius 2 is 2.00 bits per heavy atom. The molecule has 0 radical (unpaired) electrons. The number of aryl methyl sites for hydroxylation is 1. The van der Waals surface area contributed by atoms with E-state index in [1.54, 1.807) is 0 Å². The molecule has 0 bridgehead atoms. The molecule has 1 aromatic rings. The third-order valence-corrected chi connectivity index (χ3v) is 5.94. The van der Waals surface area contributed by atoms with Crippen molar-refractivity contribution in [3.05, 3.63) is 33.8 Å². The Bertz CT molecular complexity index is 436. The summed E-state index contributed by atoms with van der Waals surface area (Å²) in [5.41, 5.74) is 1.80. The van der Waals surface area contributed by atoms with Crippen LogP contribution in [0.1, 0.15) is 42.6 Å². The summed E-state index contributed by atoms with van der Waals surface area (Å²) in [5, 5.41) is 3.07. The molecule has 1 N–H and O–H groups in total. The minimum atomic E-state index is -0.00380. The summed E-state index contributed by atoms with van der Waals surface area (Å²) in [6, 6.07) is 5.83. The number of thioether (sulfide) groups is 1. The fourth-order valence-electron chi connectivity index (χ4n) is 2.01. The van der Waals surface area contributed by atoms with Gasteiger partial charge in [0.05, 0.1) is 5.56 Å². The van der Waals surface area contributed by atoms with Crippen LogP contribution in [-0.2, 0) is 0 Å². The molecule has 0 saturated carbocycles. The Morgan fingerprint density at radius 3 is 2.53 bits per heavy atom. The molecule has 19 heavy (non-hydrogen) atoms. The van der Waals surface area contributed by atoms with E-state index in [0.29, 0.717) is 12.1 Å². The molecule has 1 amide bonds. The monoisotopic (exact) mass is 343 g/mol. The number of carbonyl (C=O) groups is 1. The van der Waals surface area contributed by atoms with Gasteiger partial charge in [-0.1, -0.05) is 25.5 Å². The van der Waals surface area contributed by atoms with E-state index in [1.165, 1.54) is 0 Å². The van der Waals surface area contributed by atoms with E-state index in [0.717, 1.165) is 22.9 Å². The zero-order chi connectivity index (χ0) is 14.5. The Morgan fingerprint density at radius 1 is 1.37 bits per heavy atom. The minimum absolute atomic E-state index is 0.00380. The van der Waals surface area contributed by atoms with Crippen LogP contribution in [0.4, 0.5) is 0 Å². The summed E-state index contributed by atoms with van der Waals surface area (Å²) in [6.45, 7) is 7.05. The number of amides is 1. The van der Waals surface area contributed by atoms with Gasteiger partial charge in [0.2, 0.25) is 0 Å². The van der Waals surface area contributed by atoms with Crippen LogP contribution in [0.2, 0.25) is 0 Å². The van der Waals surface area contributed by atoms with Gasteiger partial charge in [-0.15, -0.1) is 0 Å². The van der Waals surface area contributed by atoms with Crippen LogP contribution >= 0.6 is 27.7 Å². The normalized spacial score (nSPS) is 11.4. The van der Waals surface area contributed by atoms with Crippen molar-refractivity contribution in [2.75, 3.05) is 12.8 Å². The highest BCUT2D eigenvalue weighted by molar-refractivity contribution is 9.10. The van der Waals surface area contributed by atoms with Gasteiger partial charge < -0.3 is 5.32 Å². The lowest BCUT2D eigenvalue weighted by Crippen LogP contribution is -2.39. The Hall–Kier alpha value is -0.480. The van der Waals surface area contributed by atoms with Crippen LogP contribution in [0.25, 0.3) is 0 Å². The van der Waals surface area contributed by atoms with Gasteiger partial charge in [-0.05, 0) is 54.1 Å². The van der Waals surface area contributed by atoms with Crippen molar-refractivity contribution >= 4 is 33.6 Å². The molecule has 106 valence electrons. The fraction of sp³-hybridized carbons (Fsp3) is 0.533. The van der Waals surface area contributed by atoms with Crippen molar-refractivity contribution in [2.24, 2.45) is 0 Å². The lowest BCUT2D eigenvalue weighted by molar-refractivity contribution is 0.0948. The van der Waals surface area contributed by atoms with Crippen molar-refractivity contribution in [1.29, 1.82) is 0 Å². The zero-order valence-corrected chi connectivity index (χ0v) is 14.5. The van der Waals surface area contributed by atoms with Gasteiger partial charge in [0.1, 0.15) is 0 Å². The highest BCUT2D eigenvalue weighted by Crippen LogP contribution is 2.29. The minimum Gasteiger partial charge on any atom is -0.351 e. The first-order chi connectivity index (χ1) is 8.98. The molecule has 0 spiro atoms. The molecule has 0 aliphatic carbocycles. The maximum absolute atomic E-state index is 12.3. The van der Waals surface area contributed by atoms with Crippen molar-refractivity contribution < 1.29 is 4.79 Å². The van der Waals surface area contributed by atoms with Crippen LogP contribution in [0.5, 0.6) is 0 Å². The zero-order valence-electron chi connectivity index (χ0n) is 12.0. The average molecular weight is 344 g/mol. The topological polar surface area (TPSA) is 29.1 Å². The molecular weight excluding hydrogens is 322 g/mol. The van der Waals surface area contributed by atoms with Gasteiger partial charge >= 0.3 is 0 Å². The highest BCUT2D eigenvalue weighted by atomic mass is 79.9. The second-order valence-electron chi connectivity index (χ2n) is 4.76. The Kier molecular flexibility index (Phi) is 6.40. The van der Waals surface area contributed by atoms with E-state index < -0.39 is 0 Å². The number of carbonyl (C=O) groups excluding carboxylic acids is 1. The van der Waals surface area contributed by atoms with Crippen molar-refractivity contribution in [1.82, 2.24) is 5.32 Å². The SMILES string of the molecule is CCC(CC)(CNC(=O)c1cc(C)ccc1Br)SC. The Labute approximate surface area is 128 Å². The number of rotatable bonds is 6. The van der Waals surface area contributed by atoms with E-state index in [1.807, 2.05) is 36.9 Å². The smallest absolute Gasteiger partial charge is 0.252 e. The summed E-state index contributed by atoms with van der Waals surface area (Å²) in [4.78, 5) is 12.3. The van der Waals surface area contributed by atoms with Crippen LogP contribution in [0, 0.1) is 6.92 Å². The summed E-state index contributed by atoms with van der Waals surface area (Å²) < 4.78 is 0.990. The molecular formula is C15H22BrNOS. The van der Waals surface area contributed by atoms with Gasteiger partial charge in [-0.3, -0.25) is 4.79 Å². The summed E-state index contributed by atoms with van der Waals surface area (Å²) in [5.74, 6) is -0.00380. The molecule has 0 saturated heterocycles. The van der Waals surface area contributed by atoms with Crippen molar-refractivity contribution in [3.8, 4) is 0 Å². The van der Waals surface area contributed by atoms with Crippen molar-refractivity contribution in [3.63, 3.8) is 0 Å². The van der Waals surface area contributed by atoms with E-state index in [9.17, 15) is 4.79 Å². The van der Waals surface area contributed by atoms with Crippen LogP contribution in [0.15, 0.2) is 22.7 Å². The molecule has 4 heteroatoms. The van der Waals surface area contributed by atoms with Crippen LogP contribution in [-0.4, -0.2) is 23.5 Å². The molecule has 0 fully saturated rings. The van der Waals surface area contributed by atoms with Gasteiger partial charge in [-0.25, -0.2) is 0 Å². The number of benzene rings is 1. The quantitative estimate of drug-likeness (QED) is 0.828. The largest absolute Gasteiger partial charge is 0.351 e. The molecule has 1 rings (SSSR count). The predicted octanol–water partition coefficient (Wildman–Crippen LogP) is 4.41. The van der Waals surface area contributed by atoms with E-state index in [4.69, 9.17) is 0 Å². The third-order valence-electron chi connectivity index (χ3n) is 3.66. The summed E-state index contributed by atoms with van der Waals surface area (Å²) >= 11 is 5.27. The maximum Gasteiger partial charge on any atom is 0.252 e. The van der Waals surface area contributed by atoms with E-state index in [2.05, 4.69) is 41.3 Å². The standard InChI is InChI=1S/C15H22BrNOS/c1-5-15(6-2,19-4)10-17-14(18)12-9-11(3)7-8-13(12)16/h7-9H,5-6,10H2,1-4H3,(H,17,18). The van der Waals surface area contributed by atoms with Gasteiger partial charge in [0, 0.05) is 15.8 Å². The first-order valence-electron chi connectivity index (χ1n) is 6.57. The molecule has 2 nitrogen and oxygen atoms in total. The summed E-state index contributed by atoms with van der Waals surface area (Å²) in [6.07, 6.45) is 4.22. The lowest BCUT2D eigenvalue weighted by Gasteiger charge is -2.29. The second-order valence-corrected chi connectivity index (χ2v) is 6.89. The van der Waals surface area contributed by atoms with Crippen molar-refractivity contribution in [2.45, 2.75) is 38.4 Å².